The van der Waals surface area contributed by atoms with E-state index < -0.39 is 12.2 Å². The lowest BCUT2D eigenvalue weighted by atomic mass is 10.2. The molecule has 0 spiro atoms. The van der Waals surface area contributed by atoms with Crippen molar-refractivity contribution in [3.05, 3.63) is 28.6 Å². The number of ether oxygens (including phenoxy) is 2. The number of nitrogens with zero attached hydrogens (tertiary/aromatic N) is 5. The smallest absolute Gasteiger partial charge is 0.414 e. The molecule has 2 amide bonds. The average Bonchev–Trinajstić information content (AvgIpc) is 2.93. The third-order valence-corrected chi connectivity index (χ3v) is 3.74. The third-order valence-electron chi connectivity index (χ3n) is 3.74. The van der Waals surface area contributed by atoms with Gasteiger partial charge < -0.3 is 14.4 Å². The minimum absolute atomic E-state index is 0.0196. The van der Waals surface area contributed by atoms with Crippen LogP contribution in [0.4, 0.5) is 16.2 Å². The first-order valence-electron chi connectivity index (χ1n) is 7.20. The van der Waals surface area contributed by atoms with Gasteiger partial charge >= 0.3 is 6.09 Å². The topological polar surface area (TPSA) is 108 Å². The first-order valence-corrected chi connectivity index (χ1v) is 7.20. The van der Waals surface area contributed by atoms with Crippen molar-refractivity contribution in [2.75, 3.05) is 36.0 Å². The summed E-state index contributed by atoms with van der Waals surface area (Å²) >= 11 is 0. The number of carbonyl (C=O) groups is 2. The molecule has 2 aliphatic heterocycles. The van der Waals surface area contributed by atoms with Gasteiger partial charge in [-0.25, -0.2) is 4.79 Å². The van der Waals surface area contributed by atoms with Gasteiger partial charge in [0.2, 0.25) is 0 Å². The summed E-state index contributed by atoms with van der Waals surface area (Å²) in [4.78, 5) is 29.5. The highest BCUT2D eigenvalue weighted by Gasteiger charge is 2.33. The molecule has 9 heteroatoms. The number of anilines is 2. The number of carbonyl (C=O) groups excluding carboxylic acids is 2. The maximum atomic E-state index is 12.0. The number of amides is 2. The third kappa shape index (κ3) is 2.74. The van der Waals surface area contributed by atoms with E-state index in [4.69, 9.17) is 15.0 Å². The van der Waals surface area contributed by atoms with Crippen molar-refractivity contribution in [1.29, 1.82) is 0 Å². The Morgan fingerprint density at radius 2 is 2.26 bits per heavy atom. The van der Waals surface area contributed by atoms with Crippen molar-refractivity contribution in [3.63, 3.8) is 0 Å². The Bertz CT molecular complexity index is 700. The molecule has 1 aromatic carbocycles. The highest BCUT2D eigenvalue weighted by Crippen LogP contribution is 2.36. The minimum atomic E-state index is -0.498. The molecule has 0 bridgehead atoms. The molecule has 0 saturated carbocycles. The second kappa shape index (κ2) is 6.05. The SMILES string of the molecule is CCN1C(=O)COc2cc(N3C[C@H](CN=[N+]=[N-])OC3=O)ccc21. The quantitative estimate of drug-likeness (QED) is 0.481. The number of benzene rings is 1. The summed E-state index contributed by atoms with van der Waals surface area (Å²) < 4.78 is 10.6. The van der Waals surface area contributed by atoms with E-state index >= 15 is 0 Å². The second-order valence-corrected chi connectivity index (χ2v) is 5.11. The lowest BCUT2D eigenvalue weighted by molar-refractivity contribution is -0.121. The van der Waals surface area contributed by atoms with E-state index in [2.05, 4.69) is 10.0 Å². The van der Waals surface area contributed by atoms with Crippen LogP contribution in [-0.4, -0.2) is 44.3 Å². The highest BCUT2D eigenvalue weighted by atomic mass is 16.6. The summed E-state index contributed by atoms with van der Waals surface area (Å²) in [5, 5.41) is 3.42. The largest absolute Gasteiger partial charge is 0.481 e. The average molecular weight is 317 g/mol. The van der Waals surface area contributed by atoms with Gasteiger partial charge in [0.25, 0.3) is 5.91 Å². The Morgan fingerprint density at radius 3 is 3.00 bits per heavy atom. The zero-order chi connectivity index (χ0) is 16.4. The Hall–Kier alpha value is -2.93. The van der Waals surface area contributed by atoms with E-state index in [0.717, 1.165) is 0 Å². The van der Waals surface area contributed by atoms with E-state index in [1.165, 1.54) is 4.90 Å². The van der Waals surface area contributed by atoms with Crippen molar-refractivity contribution in [1.82, 2.24) is 0 Å². The van der Waals surface area contributed by atoms with Crippen molar-refractivity contribution >= 4 is 23.4 Å². The fourth-order valence-corrected chi connectivity index (χ4v) is 2.66. The molecular weight excluding hydrogens is 302 g/mol. The number of azide groups is 1. The van der Waals surface area contributed by atoms with Crippen molar-refractivity contribution < 1.29 is 19.1 Å². The molecule has 9 nitrogen and oxygen atoms in total. The number of rotatable bonds is 4. The highest BCUT2D eigenvalue weighted by molar-refractivity contribution is 5.99. The Balaban J connectivity index is 1.84. The van der Waals surface area contributed by atoms with Crippen LogP contribution in [0.15, 0.2) is 23.3 Å². The normalized spacial score (nSPS) is 19.8. The van der Waals surface area contributed by atoms with Crippen LogP contribution in [0.3, 0.4) is 0 Å². The molecule has 0 aromatic heterocycles. The fourth-order valence-electron chi connectivity index (χ4n) is 2.66. The summed E-state index contributed by atoms with van der Waals surface area (Å²) in [5.41, 5.74) is 9.63. The van der Waals surface area contributed by atoms with Crippen LogP contribution < -0.4 is 14.5 Å². The molecule has 1 atom stereocenters. The van der Waals surface area contributed by atoms with Gasteiger partial charge in [-0.3, -0.25) is 9.69 Å². The number of hydrogen-bond acceptors (Lipinski definition) is 5. The van der Waals surface area contributed by atoms with E-state index in [1.54, 1.807) is 23.1 Å². The maximum Gasteiger partial charge on any atom is 0.414 e. The van der Waals surface area contributed by atoms with Gasteiger partial charge in [0.05, 0.1) is 24.5 Å². The zero-order valence-corrected chi connectivity index (χ0v) is 12.5. The molecule has 0 N–H and O–H groups in total. The van der Waals surface area contributed by atoms with Crippen LogP contribution in [0.5, 0.6) is 5.75 Å². The first kappa shape index (κ1) is 15.0. The van der Waals surface area contributed by atoms with E-state index in [-0.39, 0.29) is 19.1 Å². The molecule has 1 aromatic rings. The molecule has 0 unspecified atom stereocenters. The molecule has 3 rings (SSSR count). The van der Waals surface area contributed by atoms with Crippen molar-refractivity contribution in [2.24, 2.45) is 5.11 Å². The van der Waals surface area contributed by atoms with Crippen molar-refractivity contribution in [3.8, 4) is 5.75 Å². The summed E-state index contributed by atoms with van der Waals surface area (Å²) in [5.74, 6) is 0.456. The molecule has 1 fully saturated rings. The van der Waals surface area contributed by atoms with Crippen LogP contribution in [0.2, 0.25) is 0 Å². The summed E-state index contributed by atoms with van der Waals surface area (Å²) in [7, 11) is 0. The van der Waals surface area contributed by atoms with E-state index in [1.807, 2.05) is 6.92 Å². The van der Waals surface area contributed by atoms with Gasteiger partial charge in [-0.15, -0.1) is 0 Å². The Labute approximate surface area is 132 Å². The first-order chi connectivity index (χ1) is 11.1. The number of likely N-dealkylation sites (N-methyl/N-ethyl adjacent to an activating group) is 1. The Morgan fingerprint density at radius 1 is 1.43 bits per heavy atom. The monoisotopic (exact) mass is 317 g/mol. The van der Waals surface area contributed by atoms with Gasteiger partial charge in [0, 0.05) is 17.5 Å². The van der Waals surface area contributed by atoms with Gasteiger partial charge in [-0.2, -0.15) is 0 Å². The summed E-state index contributed by atoms with van der Waals surface area (Å²) in [6.45, 7) is 2.81. The van der Waals surface area contributed by atoms with Gasteiger partial charge in [0.15, 0.2) is 6.61 Å². The van der Waals surface area contributed by atoms with Crippen LogP contribution in [0, 0.1) is 0 Å². The minimum Gasteiger partial charge on any atom is -0.481 e. The van der Waals surface area contributed by atoms with E-state index in [9.17, 15) is 9.59 Å². The predicted octanol–water partition coefficient (Wildman–Crippen LogP) is 2.07. The molecular formula is C14H15N5O4. The second-order valence-electron chi connectivity index (χ2n) is 5.11. The fraction of sp³-hybridized carbons (Fsp3) is 0.429. The summed E-state index contributed by atoms with van der Waals surface area (Å²) in [6.07, 6.45) is -0.966. The van der Waals surface area contributed by atoms with Crippen LogP contribution in [0.25, 0.3) is 10.4 Å². The molecule has 1 saturated heterocycles. The van der Waals surface area contributed by atoms with Gasteiger partial charge in [-0.1, -0.05) is 5.11 Å². The van der Waals surface area contributed by atoms with Gasteiger partial charge in [-0.05, 0) is 24.6 Å². The number of hydrogen-bond donors (Lipinski definition) is 0. The van der Waals surface area contributed by atoms with E-state index in [0.29, 0.717) is 30.2 Å². The molecule has 120 valence electrons. The number of fused-ring (bicyclic) bond motifs is 1. The summed E-state index contributed by atoms with van der Waals surface area (Å²) in [6, 6.07) is 5.20. The molecule has 0 aliphatic carbocycles. The van der Waals surface area contributed by atoms with Crippen LogP contribution in [-0.2, 0) is 9.53 Å². The number of cyclic esters (lactones) is 1. The van der Waals surface area contributed by atoms with Crippen molar-refractivity contribution in [2.45, 2.75) is 13.0 Å². The Kier molecular flexibility index (Phi) is 3.94. The zero-order valence-electron chi connectivity index (χ0n) is 12.5. The lowest BCUT2D eigenvalue weighted by Crippen LogP contribution is -2.38. The lowest BCUT2D eigenvalue weighted by Gasteiger charge is -2.29. The molecule has 2 heterocycles. The molecule has 0 radical (unpaired) electrons. The maximum absolute atomic E-state index is 12.0. The van der Waals surface area contributed by atoms with Crippen LogP contribution >= 0.6 is 0 Å². The molecule has 2 aliphatic rings. The predicted molar refractivity (Wildman–Crippen MR) is 81.6 cm³/mol. The van der Waals surface area contributed by atoms with Crippen LogP contribution in [0.1, 0.15) is 6.92 Å². The standard InChI is InChI=1S/C14H15N5O4/c1-2-18-11-4-3-9(5-12(11)22-8-13(18)20)19-7-10(6-16-17-15)23-14(19)21/h3-5,10H,2,6-8H2,1H3/t10-/m0/s1. The molecule has 23 heavy (non-hydrogen) atoms. The van der Waals surface area contributed by atoms with Gasteiger partial charge in [0.1, 0.15) is 11.9 Å².